The fourth-order valence-corrected chi connectivity index (χ4v) is 6.40. The van der Waals surface area contributed by atoms with E-state index in [2.05, 4.69) is 84.6 Å². The molecule has 1 aliphatic carbocycles. The van der Waals surface area contributed by atoms with Gasteiger partial charge in [-0.1, -0.05) is 0 Å². The van der Waals surface area contributed by atoms with Crippen LogP contribution >= 0.6 is 23.4 Å². The van der Waals surface area contributed by atoms with E-state index in [1.165, 1.54) is 6.92 Å². The molecule has 416 valence electrons. The van der Waals surface area contributed by atoms with Gasteiger partial charge in [-0.2, -0.15) is 5.26 Å². The van der Waals surface area contributed by atoms with E-state index < -0.39 is 23.4 Å². The van der Waals surface area contributed by atoms with Crippen molar-refractivity contribution in [2.75, 3.05) is 84.6 Å². The molecule has 1 aliphatic rings. The Hall–Kier alpha value is -4.56. The summed E-state index contributed by atoms with van der Waals surface area (Å²) < 4.78 is 180. The molecule has 0 heterocycles. The number of phenols is 3. The Morgan fingerprint density at radius 3 is 0.597 bits per heavy atom. The van der Waals surface area contributed by atoms with Crippen molar-refractivity contribution in [3.05, 3.63) is 93.0 Å². The van der Waals surface area contributed by atoms with Crippen LogP contribution in [0.5, 0.6) is 23.0 Å². The van der Waals surface area contributed by atoms with E-state index in [1.54, 1.807) is 6.07 Å². The second-order valence-corrected chi connectivity index (χ2v) is 26.0. The van der Waals surface area contributed by atoms with Crippen molar-refractivity contribution in [1.82, 2.24) is 17.9 Å². The number of hydrogen-bond acceptors (Lipinski definition) is 5. The first-order valence-corrected chi connectivity index (χ1v) is 26.4. The van der Waals surface area contributed by atoms with Gasteiger partial charge in [-0.05, 0) is 11.1 Å². The summed E-state index contributed by atoms with van der Waals surface area (Å²) in [5.41, 5.74) is 9.27. The van der Waals surface area contributed by atoms with Crippen molar-refractivity contribution in [2.45, 2.75) is 32.6 Å². The molecule has 4 aromatic carbocycles. The van der Waals surface area contributed by atoms with Crippen LogP contribution in [0.3, 0.4) is 0 Å². The van der Waals surface area contributed by atoms with Crippen molar-refractivity contribution in [2.24, 2.45) is 0 Å². The van der Waals surface area contributed by atoms with E-state index in [1.807, 2.05) is 48.5 Å². The van der Waals surface area contributed by atoms with Crippen molar-refractivity contribution in [3.63, 3.8) is 0 Å². The Labute approximate surface area is 404 Å². The van der Waals surface area contributed by atoms with E-state index >= 15 is 0 Å². The minimum atomic E-state index is -10.7. The van der Waals surface area contributed by atoms with Gasteiger partial charge in [-0.3, -0.25) is 17.9 Å². The van der Waals surface area contributed by atoms with Gasteiger partial charge < -0.3 is 20.4 Å². The first-order valence-electron chi connectivity index (χ1n) is 20.3. The minimum absolute atomic E-state index is 0.0806. The van der Waals surface area contributed by atoms with E-state index in [-0.39, 0.29) is 35.8 Å². The Kier molecular flexibility index (Phi) is 16.4. The summed E-state index contributed by atoms with van der Waals surface area (Å²) in [5.74, 6) is 0.362. The molecule has 0 saturated heterocycles. The van der Waals surface area contributed by atoms with Crippen LogP contribution in [0.4, 0.5) is 98.3 Å². The van der Waals surface area contributed by atoms with Gasteiger partial charge in [0.1, 0.15) is 40.0 Å². The molecule has 3 N–H and O–H groups in total. The molecule has 72 heavy (non-hydrogen) atoms. The van der Waals surface area contributed by atoms with Gasteiger partial charge in [0.15, 0.2) is 0 Å². The van der Waals surface area contributed by atoms with Crippen LogP contribution in [-0.2, 0) is 25.7 Å². The van der Waals surface area contributed by atoms with Gasteiger partial charge in [0, 0.05) is 115 Å². The van der Waals surface area contributed by atoms with Gasteiger partial charge in [0.05, 0.1) is 90.6 Å². The fourth-order valence-electron chi connectivity index (χ4n) is 6.40. The number of nitriles is 1. The van der Waals surface area contributed by atoms with Crippen molar-refractivity contribution in [3.8, 4) is 29.1 Å². The fraction of sp³-hybridized carbons (Fsp3) is 0.405. The number of hydrogen-bond donors (Lipinski definition) is 3. The summed E-state index contributed by atoms with van der Waals surface area (Å²) in [6, 6.07) is 17.7. The van der Waals surface area contributed by atoms with E-state index in [9.17, 15) is 96.0 Å². The first-order chi connectivity index (χ1) is 30.7. The van der Waals surface area contributed by atoms with Crippen molar-refractivity contribution < 1.29 is 96.0 Å². The Morgan fingerprint density at radius 1 is 0.361 bits per heavy atom. The summed E-state index contributed by atoms with van der Waals surface area (Å²) in [5, 5.41) is 57.2. The molecule has 0 radical (unpaired) electrons. The third-order valence-electron chi connectivity index (χ3n) is 9.61. The van der Waals surface area contributed by atoms with E-state index in [4.69, 9.17) is 5.26 Å². The zero-order valence-corrected chi connectivity index (χ0v) is 43.8. The number of fused-ring (bicyclic) bond motifs is 8. The summed E-state index contributed by atoms with van der Waals surface area (Å²) in [7, 11) is -6.99. The second-order valence-electron chi connectivity index (χ2n) is 20.3. The van der Waals surface area contributed by atoms with Crippen LogP contribution < -0.4 is 23.0 Å². The third-order valence-corrected chi connectivity index (χ3v) is 9.61. The number of aromatic hydroxyl groups is 3. The number of benzene rings is 4. The van der Waals surface area contributed by atoms with Gasteiger partial charge >= 0.3 is 99.0 Å². The quantitative estimate of drug-likeness (QED) is 0.0944. The topological polar surface area (TPSA) is 108 Å². The molecule has 0 aromatic heterocycles. The number of phenolic OH excluding ortho intramolecular Hbond substituents is 3. The monoisotopic (exact) mass is 1130 g/mol. The molecule has 0 aliphatic heterocycles. The Bertz CT molecular complexity index is 2250. The van der Waals surface area contributed by atoms with Gasteiger partial charge in [0.2, 0.25) is 0 Å². The van der Waals surface area contributed by atoms with Crippen LogP contribution in [0, 0.1) is 11.3 Å². The standard InChI is InChI=1S/C40H52N4O4.C2H3N.3F6P/c1-41(2,3)33-17-25-13-27-19-34(42(4,5)6)21-29(38(27)46)15-31-23-36(44(10,11)12)24-32(40(31)48)16-30-22-35(43(7,8)9)20-28(39(30)47)14-26(18-33)37(25)45;1-2-3;3*1-7(2,3,4,5)6/h17-24H,13-16H2,1-12H3;1H3;;;/q;;3*-1/p+3. The molecule has 30 heteroatoms. The number of rotatable bonds is 4. The molecular formula is C42H58F18N5O4P3. The predicted molar refractivity (Wildman–Crippen MR) is 252 cm³/mol. The zero-order valence-electron chi connectivity index (χ0n) is 41.1. The number of quaternary nitrogens is 4. The molecule has 0 saturated carbocycles. The zero-order chi connectivity index (χ0) is 57.7. The summed E-state index contributed by atoms with van der Waals surface area (Å²) in [4.78, 5) is 0. The Morgan fingerprint density at radius 2 is 0.472 bits per heavy atom. The average Bonchev–Trinajstić information content (AvgIpc) is 3.05. The van der Waals surface area contributed by atoms with Gasteiger partial charge in [0.25, 0.3) is 0 Å². The average molecular weight is 1130 g/mol. The molecule has 0 unspecified atom stereocenters. The van der Waals surface area contributed by atoms with Crippen molar-refractivity contribution in [1.29, 1.82) is 5.26 Å². The normalized spacial score (nSPS) is 16.4. The molecular weight excluding hydrogens is 1070 g/mol. The number of halogens is 18. The summed E-state index contributed by atoms with van der Waals surface area (Å²) >= 11 is 0. The molecule has 0 fully saturated rings. The van der Waals surface area contributed by atoms with E-state index in [0.717, 1.165) is 22.7 Å². The number of nitrogens with zero attached hydrogens (tertiary/aromatic N) is 5. The van der Waals surface area contributed by atoms with E-state index in [0.29, 0.717) is 75.3 Å². The third kappa shape index (κ3) is 27.5. The van der Waals surface area contributed by atoms with Crippen LogP contribution in [0.1, 0.15) is 51.4 Å². The molecule has 8 bridgehead atoms. The van der Waals surface area contributed by atoms with Gasteiger partial charge in [-0.25, -0.2) is 0 Å². The van der Waals surface area contributed by atoms with Gasteiger partial charge in [-0.15, -0.1) is 5.75 Å². The molecule has 0 atom stereocenters. The molecule has 4 aromatic rings. The second kappa shape index (κ2) is 18.1. The first kappa shape index (κ1) is 65.5. The summed E-state index contributed by atoms with van der Waals surface area (Å²) in [6.45, 7) is 1.43. The summed E-state index contributed by atoms with van der Waals surface area (Å²) in [6.07, 6.45) is 1.09. The van der Waals surface area contributed by atoms with Crippen LogP contribution in [-0.4, -0.2) is 99.9 Å². The molecule has 5 rings (SSSR count). The maximum absolute atomic E-state index is 14.3. The SMILES string of the molecule is CC#N.C[N+](C)(C)c1cc2c([O-])c(c1)Cc1cc([N+](C)(C)C)cc(c1O)Cc1cc([N+](C)(C)C)cc(c1O)Cc1cc([N+](C)(C)C)cc(c1O)C2.F[P-](F)(F)(F)(F)F.F[P-](F)(F)(F)(F)F.F[P-](F)(F)(F)(F)F. The molecule has 0 spiro atoms. The van der Waals surface area contributed by atoms with Crippen LogP contribution in [0.15, 0.2) is 48.5 Å². The van der Waals surface area contributed by atoms with Crippen LogP contribution in [0.2, 0.25) is 0 Å². The van der Waals surface area contributed by atoms with Crippen molar-refractivity contribution >= 4 is 46.2 Å². The Balaban J connectivity index is 0.000000890. The predicted octanol–water partition coefficient (Wildman–Crippen LogP) is 16.0. The van der Waals surface area contributed by atoms with Crippen LogP contribution in [0.25, 0.3) is 0 Å². The maximum atomic E-state index is 14.3. The molecule has 9 nitrogen and oxygen atoms in total. The molecule has 0 amide bonds.